The zero-order chi connectivity index (χ0) is 14.9. The van der Waals surface area contributed by atoms with Crippen LogP contribution in [-0.4, -0.2) is 30.8 Å². The number of benzene rings is 1. The van der Waals surface area contributed by atoms with Crippen LogP contribution in [0.4, 0.5) is 0 Å². The maximum Gasteiger partial charge on any atom is 0.244 e. The molecule has 1 aliphatic heterocycles. The SMILES string of the molecule is NCc1cc(S(=O)(=O)N2CCC(c3ccccc3)C2)c[nH]1. The number of sulfonamides is 1. The van der Waals surface area contributed by atoms with E-state index < -0.39 is 10.0 Å². The molecule has 112 valence electrons. The van der Waals surface area contributed by atoms with Crippen molar-refractivity contribution >= 4 is 10.0 Å². The highest BCUT2D eigenvalue weighted by atomic mass is 32.2. The number of nitrogens with one attached hydrogen (secondary N) is 1. The molecule has 6 heteroatoms. The number of hydrogen-bond donors (Lipinski definition) is 2. The summed E-state index contributed by atoms with van der Waals surface area (Å²) in [6.07, 6.45) is 2.38. The average Bonchev–Trinajstić information content (AvgIpc) is 3.18. The lowest BCUT2D eigenvalue weighted by Gasteiger charge is -2.15. The van der Waals surface area contributed by atoms with Crippen LogP contribution in [-0.2, 0) is 16.6 Å². The molecule has 1 aliphatic rings. The van der Waals surface area contributed by atoms with Gasteiger partial charge in [0, 0.05) is 31.5 Å². The second kappa shape index (κ2) is 5.63. The van der Waals surface area contributed by atoms with Crippen molar-refractivity contribution in [3.8, 4) is 0 Å². The summed E-state index contributed by atoms with van der Waals surface area (Å²) in [6, 6.07) is 11.7. The van der Waals surface area contributed by atoms with Crippen molar-refractivity contribution in [3.63, 3.8) is 0 Å². The van der Waals surface area contributed by atoms with E-state index in [0.717, 1.165) is 12.1 Å². The average molecular weight is 305 g/mol. The maximum absolute atomic E-state index is 12.6. The molecule has 1 aromatic heterocycles. The van der Waals surface area contributed by atoms with E-state index in [0.29, 0.717) is 24.5 Å². The molecule has 5 nitrogen and oxygen atoms in total. The first-order chi connectivity index (χ1) is 10.1. The van der Waals surface area contributed by atoms with Crippen molar-refractivity contribution in [3.05, 3.63) is 53.9 Å². The molecule has 2 heterocycles. The van der Waals surface area contributed by atoms with E-state index >= 15 is 0 Å². The topological polar surface area (TPSA) is 79.2 Å². The normalized spacial score (nSPS) is 20.0. The summed E-state index contributed by atoms with van der Waals surface area (Å²) in [6.45, 7) is 1.41. The lowest BCUT2D eigenvalue weighted by molar-refractivity contribution is 0.473. The van der Waals surface area contributed by atoms with Crippen LogP contribution in [0.3, 0.4) is 0 Å². The molecule has 0 aliphatic carbocycles. The Morgan fingerprint density at radius 3 is 2.71 bits per heavy atom. The minimum absolute atomic E-state index is 0.272. The first kappa shape index (κ1) is 14.3. The Bertz CT molecular complexity index is 710. The Kier molecular flexibility index (Phi) is 3.84. The summed E-state index contributed by atoms with van der Waals surface area (Å²) in [5, 5.41) is 0. The van der Waals surface area contributed by atoms with Crippen molar-refractivity contribution in [1.29, 1.82) is 0 Å². The van der Waals surface area contributed by atoms with E-state index in [1.165, 1.54) is 11.8 Å². The monoisotopic (exact) mass is 305 g/mol. The molecule has 1 atom stereocenters. The van der Waals surface area contributed by atoms with Gasteiger partial charge in [0.05, 0.1) is 4.90 Å². The van der Waals surface area contributed by atoms with Gasteiger partial charge in [-0.25, -0.2) is 8.42 Å². The number of aromatic amines is 1. The van der Waals surface area contributed by atoms with Gasteiger partial charge in [0.2, 0.25) is 10.0 Å². The minimum Gasteiger partial charge on any atom is -0.363 e. The highest BCUT2D eigenvalue weighted by Crippen LogP contribution is 2.31. The van der Waals surface area contributed by atoms with Crippen LogP contribution in [0.25, 0.3) is 0 Å². The molecule has 0 amide bonds. The third kappa shape index (κ3) is 2.74. The van der Waals surface area contributed by atoms with Crippen molar-refractivity contribution < 1.29 is 8.42 Å². The van der Waals surface area contributed by atoms with Crippen molar-refractivity contribution in [2.75, 3.05) is 13.1 Å². The van der Waals surface area contributed by atoms with Gasteiger partial charge in [-0.1, -0.05) is 30.3 Å². The highest BCUT2D eigenvalue weighted by Gasteiger charge is 2.33. The molecular formula is C15H19N3O2S. The molecule has 1 aromatic carbocycles. The molecule has 3 N–H and O–H groups in total. The quantitative estimate of drug-likeness (QED) is 0.901. The molecule has 21 heavy (non-hydrogen) atoms. The van der Waals surface area contributed by atoms with Gasteiger partial charge < -0.3 is 10.7 Å². The molecular weight excluding hydrogens is 286 g/mol. The number of nitrogens with zero attached hydrogens (tertiary/aromatic N) is 1. The summed E-state index contributed by atoms with van der Waals surface area (Å²) in [5.74, 6) is 0.272. The smallest absolute Gasteiger partial charge is 0.244 e. The molecule has 1 fully saturated rings. The van der Waals surface area contributed by atoms with E-state index in [-0.39, 0.29) is 5.92 Å². The summed E-state index contributed by atoms with van der Waals surface area (Å²) < 4.78 is 26.8. The van der Waals surface area contributed by atoms with E-state index in [1.54, 1.807) is 10.4 Å². The van der Waals surface area contributed by atoms with Gasteiger partial charge in [-0.15, -0.1) is 0 Å². The van der Waals surface area contributed by atoms with Gasteiger partial charge in [0.25, 0.3) is 0 Å². The Hall–Kier alpha value is -1.63. The van der Waals surface area contributed by atoms with E-state index in [1.807, 2.05) is 18.2 Å². The predicted octanol–water partition coefficient (Wildman–Crippen LogP) is 1.65. The summed E-state index contributed by atoms with van der Waals surface area (Å²) in [5.41, 5.74) is 7.45. The molecule has 0 bridgehead atoms. The first-order valence-electron chi connectivity index (χ1n) is 7.03. The zero-order valence-corrected chi connectivity index (χ0v) is 12.5. The van der Waals surface area contributed by atoms with Crippen LogP contribution in [0.15, 0.2) is 47.5 Å². The molecule has 0 spiro atoms. The Labute approximate surface area is 124 Å². The predicted molar refractivity (Wildman–Crippen MR) is 81.2 cm³/mol. The summed E-state index contributed by atoms with van der Waals surface area (Å²) >= 11 is 0. The lowest BCUT2D eigenvalue weighted by Crippen LogP contribution is -2.28. The van der Waals surface area contributed by atoms with Crippen LogP contribution in [0.5, 0.6) is 0 Å². The fourth-order valence-corrected chi connectivity index (χ4v) is 4.30. The van der Waals surface area contributed by atoms with E-state index in [2.05, 4.69) is 17.1 Å². The van der Waals surface area contributed by atoms with Gasteiger partial charge in [-0.3, -0.25) is 0 Å². The standard InChI is InChI=1S/C15H19N3O2S/c16-9-14-8-15(10-17-14)21(19,20)18-7-6-13(11-18)12-4-2-1-3-5-12/h1-5,8,10,13,17H,6-7,9,11,16H2. The number of H-pyrrole nitrogens is 1. The largest absolute Gasteiger partial charge is 0.363 e. The zero-order valence-electron chi connectivity index (χ0n) is 11.7. The van der Waals surface area contributed by atoms with Gasteiger partial charge >= 0.3 is 0 Å². The van der Waals surface area contributed by atoms with E-state index in [9.17, 15) is 8.42 Å². The van der Waals surface area contributed by atoms with Crippen LogP contribution >= 0.6 is 0 Å². The van der Waals surface area contributed by atoms with Gasteiger partial charge in [0.15, 0.2) is 0 Å². The molecule has 1 saturated heterocycles. The van der Waals surface area contributed by atoms with Crippen LogP contribution in [0, 0.1) is 0 Å². The lowest BCUT2D eigenvalue weighted by atomic mass is 9.99. The molecule has 0 radical (unpaired) electrons. The Morgan fingerprint density at radius 2 is 2.05 bits per heavy atom. The van der Waals surface area contributed by atoms with Gasteiger partial charge in [0.1, 0.15) is 0 Å². The Balaban J connectivity index is 1.79. The van der Waals surface area contributed by atoms with Crippen molar-refractivity contribution in [2.45, 2.75) is 23.8 Å². The summed E-state index contributed by atoms with van der Waals surface area (Å²) in [4.78, 5) is 3.20. The first-order valence-corrected chi connectivity index (χ1v) is 8.47. The minimum atomic E-state index is -3.42. The fourth-order valence-electron chi connectivity index (χ4n) is 2.78. The number of hydrogen-bond acceptors (Lipinski definition) is 3. The maximum atomic E-state index is 12.6. The molecule has 3 rings (SSSR count). The third-order valence-electron chi connectivity index (χ3n) is 4.00. The Morgan fingerprint density at radius 1 is 1.29 bits per heavy atom. The van der Waals surface area contributed by atoms with E-state index in [4.69, 9.17) is 5.73 Å². The van der Waals surface area contributed by atoms with Gasteiger partial charge in [-0.05, 0) is 24.0 Å². The van der Waals surface area contributed by atoms with Crippen LogP contribution < -0.4 is 5.73 Å². The fraction of sp³-hybridized carbons (Fsp3) is 0.333. The molecule has 1 unspecified atom stereocenters. The van der Waals surface area contributed by atoms with Crippen LogP contribution in [0.2, 0.25) is 0 Å². The highest BCUT2D eigenvalue weighted by molar-refractivity contribution is 7.89. The summed E-state index contributed by atoms with van der Waals surface area (Å²) in [7, 11) is -3.42. The van der Waals surface area contributed by atoms with Crippen molar-refractivity contribution in [2.24, 2.45) is 5.73 Å². The number of aromatic nitrogens is 1. The van der Waals surface area contributed by atoms with Gasteiger partial charge in [-0.2, -0.15) is 4.31 Å². The second-order valence-electron chi connectivity index (χ2n) is 5.32. The number of rotatable bonds is 4. The molecule has 2 aromatic rings. The molecule has 0 saturated carbocycles. The van der Waals surface area contributed by atoms with Crippen molar-refractivity contribution in [1.82, 2.24) is 9.29 Å². The number of nitrogens with two attached hydrogens (primary N) is 1. The second-order valence-corrected chi connectivity index (χ2v) is 7.26. The van der Waals surface area contributed by atoms with Crippen LogP contribution in [0.1, 0.15) is 23.6 Å². The third-order valence-corrected chi connectivity index (χ3v) is 5.84.